The van der Waals surface area contributed by atoms with Gasteiger partial charge in [0, 0.05) is 5.39 Å². The maximum absolute atomic E-state index is 12.8. The summed E-state index contributed by atoms with van der Waals surface area (Å²) in [4.78, 5) is 25.5. The minimum absolute atomic E-state index is 0.230. The van der Waals surface area contributed by atoms with Gasteiger partial charge in [-0.15, -0.1) is 0 Å². The van der Waals surface area contributed by atoms with E-state index in [9.17, 15) is 14.7 Å². The van der Waals surface area contributed by atoms with Crippen molar-refractivity contribution in [3.8, 4) is 5.75 Å². The summed E-state index contributed by atoms with van der Waals surface area (Å²) in [6.45, 7) is 3.57. The molecule has 1 aliphatic heterocycles. The molecule has 128 valence electrons. The fraction of sp³-hybridized carbons (Fsp3) is 0.0952. The van der Waals surface area contributed by atoms with E-state index in [2.05, 4.69) is 5.10 Å². The zero-order valence-corrected chi connectivity index (χ0v) is 14.4. The number of phenols is 1. The van der Waals surface area contributed by atoms with Crippen LogP contribution in [-0.4, -0.2) is 28.1 Å². The molecule has 0 fully saturated rings. The number of phenolic OH excluding ortho intramolecular Hbond substituents is 1. The van der Waals surface area contributed by atoms with E-state index in [-0.39, 0.29) is 5.75 Å². The zero-order chi connectivity index (χ0) is 18.4. The third-order valence-electron chi connectivity index (χ3n) is 4.59. The van der Waals surface area contributed by atoms with Crippen LogP contribution in [0.15, 0.2) is 53.6 Å². The lowest BCUT2D eigenvalue weighted by Crippen LogP contribution is -2.36. The van der Waals surface area contributed by atoms with Crippen molar-refractivity contribution in [2.75, 3.05) is 0 Å². The Kier molecular flexibility index (Phi) is 3.58. The summed E-state index contributed by atoms with van der Waals surface area (Å²) in [5.41, 5.74) is 3.05. The van der Waals surface area contributed by atoms with Crippen molar-refractivity contribution in [3.63, 3.8) is 0 Å². The van der Waals surface area contributed by atoms with Crippen LogP contribution in [-0.2, 0) is 0 Å². The monoisotopic (exact) mass is 344 g/mol. The summed E-state index contributed by atoms with van der Waals surface area (Å²) in [5.74, 6) is -0.654. The zero-order valence-electron chi connectivity index (χ0n) is 14.4. The van der Waals surface area contributed by atoms with Crippen LogP contribution in [0.4, 0.5) is 0 Å². The SMILES string of the molecule is Cc1cc(/C=N/N2C(=O)c3cccc4cccc(c34)C2=O)cc(C)c1O. The number of aryl methyl sites for hydroxylation is 2. The first-order valence-corrected chi connectivity index (χ1v) is 8.22. The van der Waals surface area contributed by atoms with Crippen molar-refractivity contribution < 1.29 is 14.7 Å². The van der Waals surface area contributed by atoms with E-state index in [1.807, 2.05) is 12.1 Å². The van der Waals surface area contributed by atoms with Gasteiger partial charge >= 0.3 is 0 Å². The number of nitrogens with zero attached hydrogens (tertiary/aromatic N) is 2. The smallest absolute Gasteiger partial charge is 0.282 e. The van der Waals surface area contributed by atoms with Crippen LogP contribution in [0.5, 0.6) is 5.75 Å². The third-order valence-corrected chi connectivity index (χ3v) is 4.59. The number of benzene rings is 3. The second-order valence-corrected chi connectivity index (χ2v) is 6.38. The maximum Gasteiger partial charge on any atom is 0.282 e. The summed E-state index contributed by atoms with van der Waals surface area (Å²) < 4.78 is 0. The molecule has 0 atom stereocenters. The molecule has 3 aromatic rings. The Balaban J connectivity index is 1.77. The van der Waals surface area contributed by atoms with Gasteiger partial charge in [-0.1, -0.05) is 24.3 Å². The average Bonchev–Trinajstić information content (AvgIpc) is 2.63. The molecular weight excluding hydrogens is 328 g/mol. The predicted octanol–water partition coefficient (Wildman–Crippen LogP) is 3.79. The van der Waals surface area contributed by atoms with Crippen LogP contribution in [0.3, 0.4) is 0 Å². The highest BCUT2D eigenvalue weighted by Crippen LogP contribution is 2.30. The van der Waals surface area contributed by atoms with E-state index in [1.165, 1.54) is 6.21 Å². The lowest BCUT2D eigenvalue weighted by molar-refractivity contribution is 0.0616. The molecule has 0 spiro atoms. The Hall–Kier alpha value is -3.47. The second kappa shape index (κ2) is 5.81. The highest BCUT2D eigenvalue weighted by atomic mass is 16.3. The summed E-state index contributed by atoms with van der Waals surface area (Å²) in [7, 11) is 0. The van der Waals surface area contributed by atoms with Crippen molar-refractivity contribution >= 4 is 28.8 Å². The van der Waals surface area contributed by atoms with Crippen LogP contribution in [0.1, 0.15) is 37.4 Å². The summed E-state index contributed by atoms with van der Waals surface area (Å²) >= 11 is 0. The van der Waals surface area contributed by atoms with Gasteiger partial charge in [0.05, 0.1) is 17.3 Å². The van der Waals surface area contributed by atoms with E-state index in [0.717, 1.165) is 10.4 Å². The van der Waals surface area contributed by atoms with Crippen molar-refractivity contribution in [2.45, 2.75) is 13.8 Å². The Morgan fingerprint density at radius 3 is 2.00 bits per heavy atom. The third kappa shape index (κ3) is 2.37. The van der Waals surface area contributed by atoms with Gasteiger partial charge in [0.15, 0.2) is 0 Å². The molecule has 0 unspecified atom stereocenters. The van der Waals surface area contributed by atoms with Crippen LogP contribution in [0.25, 0.3) is 10.8 Å². The minimum atomic E-state index is -0.442. The van der Waals surface area contributed by atoms with Gasteiger partial charge in [-0.25, -0.2) is 0 Å². The van der Waals surface area contributed by atoms with E-state index in [1.54, 1.807) is 50.2 Å². The quantitative estimate of drug-likeness (QED) is 0.568. The Bertz CT molecular complexity index is 1040. The largest absolute Gasteiger partial charge is 0.507 e. The first-order valence-electron chi connectivity index (χ1n) is 8.22. The molecule has 1 heterocycles. The van der Waals surface area contributed by atoms with Gasteiger partial charge in [0.25, 0.3) is 11.8 Å². The van der Waals surface area contributed by atoms with Gasteiger partial charge in [-0.3, -0.25) is 9.59 Å². The number of hydrazone groups is 1. The molecule has 0 saturated carbocycles. The lowest BCUT2D eigenvalue weighted by Gasteiger charge is -2.23. The second-order valence-electron chi connectivity index (χ2n) is 6.38. The molecule has 0 radical (unpaired) electrons. The van der Waals surface area contributed by atoms with Crippen molar-refractivity contribution in [3.05, 3.63) is 76.3 Å². The summed E-state index contributed by atoms with van der Waals surface area (Å²) in [5, 5.41) is 16.4. The fourth-order valence-corrected chi connectivity index (χ4v) is 3.31. The van der Waals surface area contributed by atoms with E-state index in [4.69, 9.17) is 0 Å². The van der Waals surface area contributed by atoms with Crippen LogP contribution < -0.4 is 0 Å². The normalized spacial score (nSPS) is 13.8. The molecule has 0 aliphatic carbocycles. The molecule has 1 N–H and O–H groups in total. The Labute approximate surface area is 150 Å². The summed E-state index contributed by atoms with van der Waals surface area (Å²) in [6, 6.07) is 14.3. The molecule has 0 bridgehead atoms. The molecule has 5 nitrogen and oxygen atoms in total. The molecule has 2 amide bonds. The number of rotatable bonds is 2. The maximum atomic E-state index is 12.8. The van der Waals surface area contributed by atoms with Crippen molar-refractivity contribution in [2.24, 2.45) is 5.10 Å². The number of carbonyl (C=O) groups excluding carboxylic acids is 2. The lowest BCUT2D eigenvalue weighted by atomic mass is 9.95. The highest BCUT2D eigenvalue weighted by molar-refractivity contribution is 6.25. The van der Waals surface area contributed by atoms with Gasteiger partial charge in [-0.05, 0) is 60.2 Å². The number of aromatic hydroxyl groups is 1. The number of amides is 2. The molecule has 26 heavy (non-hydrogen) atoms. The number of carbonyl (C=O) groups is 2. The number of imide groups is 1. The first-order chi connectivity index (χ1) is 12.5. The van der Waals surface area contributed by atoms with E-state index >= 15 is 0 Å². The molecule has 5 heteroatoms. The molecule has 0 aromatic heterocycles. The molecule has 0 saturated heterocycles. The summed E-state index contributed by atoms with van der Waals surface area (Å²) in [6.07, 6.45) is 1.46. The van der Waals surface area contributed by atoms with E-state index in [0.29, 0.717) is 33.2 Å². The molecule has 4 rings (SSSR count). The Morgan fingerprint density at radius 1 is 0.923 bits per heavy atom. The van der Waals surface area contributed by atoms with Gasteiger partial charge in [-0.2, -0.15) is 10.1 Å². The Morgan fingerprint density at radius 2 is 1.46 bits per heavy atom. The van der Waals surface area contributed by atoms with Crippen LogP contribution >= 0.6 is 0 Å². The van der Waals surface area contributed by atoms with E-state index < -0.39 is 11.8 Å². The first kappa shape index (κ1) is 16.0. The number of hydrogen-bond donors (Lipinski definition) is 1. The van der Waals surface area contributed by atoms with Crippen molar-refractivity contribution in [1.82, 2.24) is 5.01 Å². The fourth-order valence-electron chi connectivity index (χ4n) is 3.31. The average molecular weight is 344 g/mol. The van der Waals surface area contributed by atoms with Gasteiger partial charge < -0.3 is 5.11 Å². The molecule has 1 aliphatic rings. The predicted molar refractivity (Wildman–Crippen MR) is 99.6 cm³/mol. The van der Waals surface area contributed by atoms with Crippen LogP contribution in [0.2, 0.25) is 0 Å². The topological polar surface area (TPSA) is 70.0 Å². The molecular formula is C21H16N2O3. The van der Waals surface area contributed by atoms with Crippen LogP contribution in [0, 0.1) is 13.8 Å². The van der Waals surface area contributed by atoms with Crippen molar-refractivity contribution in [1.29, 1.82) is 0 Å². The van der Waals surface area contributed by atoms with Gasteiger partial charge in [0.2, 0.25) is 0 Å². The molecule has 3 aromatic carbocycles. The number of hydrogen-bond acceptors (Lipinski definition) is 4. The minimum Gasteiger partial charge on any atom is -0.507 e. The van der Waals surface area contributed by atoms with Gasteiger partial charge in [0.1, 0.15) is 5.75 Å². The highest BCUT2D eigenvalue weighted by Gasteiger charge is 2.32. The standard InChI is InChI=1S/C21H16N2O3/c1-12-9-14(10-13(2)19(12)24)11-22-23-20(25)16-7-3-5-15-6-4-8-17(18(15)16)21(23)26/h3-11,24H,1-2H3/b22-11+.